The van der Waals surface area contributed by atoms with Gasteiger partial charge in [-0.2, -0.15) is 0 Å². The average Bonchev–Trinajstić information content (AvgIpc) is 2.75. The first-order valence-electron chi connectivity index (χ1n) is 6.38. The Labute approximate surface area is 122 Å². The maximum Gasteiger partial charge on any atom is 0.270 e. The Balaban J connectivity index is 2.88. The van der Waals surface area contributed by atoms with Crippen LogP contribution in [-0.2, 0) is 11.3 Å². The topological polar surface area (TPSA) is 54.7 Å². The predicted octanol–water partition coefficient (Wildman–Crippen LogP) is 1.74. The van der Waals surface area contributed by atoms with Crippen LogP contribution in [0.5, 0.6) is 0 Å². The Bertz CT molecular complexity index is 407. The summed E-state index contributed by atoms with van der Waals surface area (Å²) in [6.45, 7) is 4.07. The number of rotatable bonds is 8. The zero-order valence-electron chi connectivity index (χ0n) is 11.4. The SMILES string of the molecule is CCCn1cc(Br)cc1C(=O)N(CCO)CCOC. The fraction of sp³-hybridized carbons (Fsp3) is 0.615. The molecule has 0 aliphatic carbocycles. The van der Waals surface area contributed by atoms with E-state index in [0.29, 0.717) is 25.4 Å². The summed E-state index contributed by atoms with van der Waals surface area (Å²) in [7, 11) is 1.60. The summed E-state index contributed by atoms with van der Waals surface area (Å²) in [4.78, 5) is 14.1. The molecular weight excluding hydrogens is 312 g/mol. The van der Waals surface area contributed by atoms with Crippen molar-refractivity contribution in [1.82, 2.24) is 9.47 Å². The van der Waals surface area contributed by atoms with E-state index < -0.39 is 0 Å². The highest BCUT2D eigenvalue weighted by Gasteiger charge is 2.19. The highest BCUT2D eigenvalue weighted by Crippen LogP contribution is 2.17. The molecule has 0 bridgehead atoms. The molecule has 108 valence electrons. The number of amides is 1. The molecule has 0 atom stereocenters. The molecule has 0 aromatic carbocycles. The number of nitrogens with zero attached hydrogens (tertiary/aromatic N) is 2. The van der Waals surface area contributed by atoms with Crippen molar-refractivity contribution in [2.45, 2.75) is 19.9 Å². The summed E-state index contributed by atoms with van der Waals surface area (Å²) in [5.74, 6) is -0.0785. The van der Waals surface area contributed by atoms with Crippen LogP contribution in [0.4, 0.5) is 0 Å². The maximum atomic E-state index is 12.5. The van der Waals surface area contributed by atoms with Crippen molar-refractivity contribution in [3.8, 4) is 0 Å². The van der Waals surface area contributed by atoms with E-state index >= 15 is 0 Å². The van der Waals surface area contributed by atoms with Crippen LogP contribution < -0.4 is 0 Å². The van der Waals surface area contributed by atoms with Crippen LogP contribution in [0.25, 0.3) is 0 Å². The van der Waals surface area contributed by atoms with E-state index in [4.69, 9.17) is 9.84 Å². The Morgan fingerprint density at radius 3 is 2.84 bits per heavy atom. The fourth-order valence-corrected chi connectivity index (χ4v) is 2.34. The number of methoxy groups -OCH3 is 1. The van der Waals surface area contributed by atoms with Gasteiger partial charge in [-0.15, -0.1) is 0 Å². The van der Waals surface area contributed by atoms with E-state index in [1.54, 1.807) is 12.0 Å². The van der Waals surface area contributed by atoms with Gasteiger partial charge < -0.3 is 19.3 Å². The van der Waals surface area contributed by atoms with Gasteiger partial charge in [0.15, 0.2) is 0 Å². The van der Waals surface area contributed by atoms with Gasteiger partial charge >= 0.3 is 0 Å². The number of aryl methyl sites for hydroxylation is 1. The third-order valence-electron chi connectivity index (χ3n) is 2.77. The maximum absolute atomic E-state index is 12.5. The number of hydrogen-bond acceptors (Lipinski definition) is 3. The Morgan fingerprint density at radius 1 is 1.53 bits per heavy atom. The summed E-state index contributed by atoms with van der Waals surface area (Å²) in [5.41, 5.74) is 0.637. The monoisotopic (exact) mass is 332 g/mol. The van der Waals surface area contributed by atoms with Crippen molar-refractivity contribution in [3.05, 3.63) is 22.4 Å². The first kappa shape index (κ1) is 16.2. The van der Waals surface area contributed by atoms with Crippen LogP contribution in [0, 0.1) is 0 Å². The van der Waals surface area contributed by atoms with E-state index in [2.05, 4.69) is 22.9 Å². The average molecular weight is 333 g/mol. The number of aliphatic hydroxyl groups excluding tert-OH is 1. The molecule has 1 N–H and O–H groups in total. The number of ether oxygens (including phenoxy) is 1. The van der Waals surface area contributed by atoms with Gasteiger partial charge in [-0.1, -0.05) is 6.92 Å². The zero-order valence-corrected chi connectivity index (χ0v) is 13.0. The Kier molecular flexibility index (Phi) is 7.12. The lowest BCUT2D eigenvalue weighted by atomic mass is 10.3. The molecule has 0 radical (unpaired) electrons. The van der Waals surface area contributed by atoms with Gasteiger partial charge in [0.05, 0.1) is 13.2 Å². The number of carbonyl (C=O) groups excluding carboxylic acids is 1. The summed E-state index contributed by atoms with van der Waals surface area (Å²) in [6, 6.07) is 1.81. The Morgan fingerprint density at radius 2 is 2.26 bits per heavy atom. The molecule has 0 spiro atoms. The van der Waals surface area contributed by atoms with Gasteiger partial charge in [0, 0.05) is 37.4 Å². The molecule has 19 heavy (non-hydrogen) atoms. The smallest absolute Gasteiger partial charge is 0.270 e. The number of halogens is 1. The Hall–Kier alpha value is -0.850. The van der Waals surface area contributed by atoms with Gasteiger partial charge in [-0.25, -0.2) is 0 Å². The second kappa shape index (κ2) is 8.35. The summed E-state index contributed by atoms with van der Waals surface area (Å²) < 4.78 is 7.82. The molecule has 0 saturated heterocycles. The van der Waals surface area contributed by atoms with Crippen LogP contribution in [0.3, 0.4) is 0 Å². The highest BCUT2D eigenvalue weighted by molar-refractivity contribution is 9.10. The molecule has 0 unspecified atom stereocenters. The molecule has 0 aliphatic rings. The van der Waals surface area contributed by atoms with Gasteiger partial charge in [-0.05, 0) is 28.4 Å². The van der Waals surface area contributed by atoms with Crippen LogP contribution in [0.15, 0.2) is 16.7 Å². The molecule has 1 amide bonds. The summed E-state index contributed by atoms with van der Waals surface area (Å²) >= 11 is 3.40. The number of aromatic nitrogens is 1. The molecule has 1 heterocycles. The standard InChI is InChI=1S/C13H21BrN2O3/c1-3-4-16-10-11(14)9-12(16)13(18)15(5-7-17)6-8-19-2/h9-10,17H,3-8H2,1-2H3. The quantitative estimate of drug-likeness (QED) is 0.788. The summed E-state index contributed by atoms with van der Waals surface area (Å²) in [6.07, 6.45) is 2.86. The van der Waals surface area contributed by atoms with Gasteiger partial charge in [0.1, 0.15) is 5.69 Å². The first-order chi connectivity index (χ1) is 9.13. The van der Waals surface area contributed by atoms with Gasteiger partial charge in [0.2, 0.25) is 0 Å². The van der Waals surface area contributed by atoms with E-state index in [9.17, 15) is 4.79 Å². The lowest BCUT2D eigenvalue weighted by molar-refractivity contribution is 0.0646. The third kappa shape index (κ3) is 4.63. The summed E-state index contributed by atoms with van der Waals surface area (Å²) in [5, 5.41) is 9.06. The molecule has 1 aromatic rings. The second-order valence-electron chi connectivity index (χ2n) is 4.25. The van der Waals surface area contributed by atoms with E-state index in [1.165, 1.54) is 0 Å². The third-order valence-corrected chi connectivity index (χ3v) is 3.20. The molecule has 0 saturated carbocycles. The normalized spacial score (nSPS) is 10.7. The molecule has 1 rings (SSSR count). The zero-order chi connectivity index (χ0) is 14.3. The lowest BCUT2D eigenvalue weighted by Gasteiger charge is -2.22. The van der Waals surface area contributed by atoms with Crippen molar-refractivity contribution >= 4 is 21.8 Å². The van der Waals surface area contributed by atoms with Gasteiger partial charge in [0.25, 0.3) is 5.91 Å². The minimum absolute atomic E-state index is 0.0505. The van der Waals surface area contributed by atoms with Crippen molar-refractivity contribution in [3.63, 3.8) is 0 Å². The largest absolute Gasteiger partial charge is 0.395 e. The number of hydrogen-bond donors (Lipinski definition) is 1. The predicted molar refractivity (Wildman–Crippen MR) is 77.3 cm³/mol. The van der Waals surface area contributed by atoms with E-state index in [1.807, 2.05) is 16.8 Å². The van der Waals surface area contributed by atoms with E-state index in [-0.39, 0.29) is 12.5 Å². The lowest BCUT2D eigenvalue weighted by Crippen LogP contribution is -2.37. The fourth-order valence-electron chi connectivity index (χ4n) is 1.88. The number of carbonyl (C=O) groups is 1. The molecule has 6 heteroatoms. The van der Waals surface area contributed by atoms with Crippen molar-refractivity contribution in [2.75, 3.05) is 33.4 Å². The van der Waals surface area contributed by atoms with Crippen molar-refractivity contribution < 1.29 is 14.6 Å². The number of aliphatic hydroxyl groups is 1. The van der Waals surface area contributed by atoms with E-state index in [0.717, 1.165) is 17.4 Å². The van der Waals surface area contributed by atoms with Crippen LogP contribution >= 0.6 is 15.9 Å². The molecule has 0 aliphatic heterocycles. The minimum Gasteiger partial charge on any atom is -0.395 e. The second-order valence-corrected chi connectivity index (χ2v) is 5.16. The highest BCUT2D eigenvalue weighted by atomic mass is 79.9. The molecular formula is C13H21BrN2O3. The van der Waals surface area contributed by atoms with Crippen LogP contribution in [0.1, 0.15) is 23.8 Å². The van der Waals surface area contributed by atoms with Crippen molar-refractivity contribution in [2.24, 2.45) is 0 Å². The van der Waals surface area contributed by atoms with Crippen molar-refractivity contribution in [1.29, 1.82) is 0 Å². The first-order valence-corrected chi connectivity index (χ1v) is 7.18. The molecule has 0 fully saturated rings. The van der Waals surface area contributed by atoms with Crippen LogP contribution in [-0.4, -0.2) is 53.9 Å². The minimum atomic E-state index is -0.0785. The molecule has 5 nitrogen and oxygen atoms in total. The van der Waals surface area contributed by atoms with Crippen LogP contribution in [0.2, 0.25) is 0 Å². The molecule has 1 aromatic heterocycles. The van der Waals surface area contributed by atoms with Gasteiger partial charge in [-0.3, -0.25) is 4.79 Å².